The molecule has 0 aromatic rings. The molecule has 0 aliphatic carbocycles. The minimum atomic E-state index is 0. The summed E-state index contributed by atoms with van der Waals surface area (Å²) in [5.41, 5.74) is 0. The summed E-state index contributed by atoms with van der Waals surface area (Å²) in [5.74, 6) is 0. The van der Waals surface area contributed by atoms with Crippen LogP contribution in [-0.4, -0.2) is 52.1 Å². The molecule has 0 fully saturated rings. The van der Waals surface area contributed by atoms with Crippen molar-refractivity contribution in [3.8, 4) is 0 Å². The summed E-state index contributed by atoms with van der Waals surface area (Å²) in [5, 5.41) is 0. The fraction of sp³-hybridized carbons (Fsp3) is 0. The van der Waals surface area contributed by atoms with E-state index < -0.39 is 0 Å². The molecule has 4 heteroatoms. The molecule has 4 heavy (non-hydrogen) atoms. The molecule has 0 rings (SSSR count). The largest absolute Gasteiger partial charge is 0.187 e. The van der Waals surface area contributed by atoms with Crippen LogP contribution < -0.4 is 0 Å². The summed E-state index contributed by atoms with van der Waals surface area (Å²) in [7, 11) is 0. The summed E-state index contributed by atoms with van der Waals surface area (Å²) in [4.78, 5) is 0. The van der Waals surface area contributed by atoms with Crippen LogP contribution in [0.1, 0.15) is 0 Å². The maximum atomic E-state index is 0. The van der Waals surface area contributed by atoms with Crippen molar-refractivity contribution in [3.05, 3.63) is 0 Å². The van der Waals surface area contributed by atoms with Gasteiger partial charge in [0.1, 0.15) is 0 Å². The Morgan fingerprint density at radius 2 is 0.500 bits per heavy atom. The Morgan fingerprint density at radius 1 is 0.500 bits per heavy atom. The van der Waals surface area contributed by atoms with Crippen molar-refractivity contribution in [2.24, 2.45) is 0 Å². The van der Waals surface area contributed by atoms with E-state index in [0.717, 1.165) is 0 Å². The van der Waals surface area contributed by atoms with Gasteiger partial charge in [0.2, 0.25) is 0 Å². The molecule has 0 saturated carbocycles. The van der Waals surface area contributed by atoms with Crippen LogP contribution in [-0.2, 0) is 25.8 Å². The molecular weight excluding hydrogens is 259 g/mol. The first-order valence-corrected chi connectivity index (χ1v) is 0. The molecule has 0 amide bonds. The van der Waals surface area contributed by atoms with Gasteiger partial charge in [0.05, 0.1) is 0 Å². The summed E-state index contributed by atoms with van der Waals surface area (Å²) >= 11 is 0. The zero-order chi connectivity index (χ0) is 0. The molecule has 0 nitrogen and oxygen atoms in total. The summed E-state index contributed by atoms with van der Waals surface area (Å²) in [6.07, 6.45) is 0. The van der Waals surface area contributed by atoms with Crippen LogP contribution in [0.25, 0.3) is 0 Å². The van der Waals surface area contributed by atoms with Gasteiger partial charge in [0.15, 0.2) is 52.1 Å². The van der Waals surface area contributed by atoms with Crippen LogP contribution in [0, 0.1) is 0 Å². The van der Waals surface area contributed by atoms with Gasteiger partial charge >= 0.3 is 0 Å². The zero-order valence-electron chi connectivity index (χ0n) is 0.500. The first-order valence-electron chi connectivity index (χ1n) is 0. The molecule has 0 aliphatic heterocycles. The summed E-state index contributed by atoms with van der Waals surface area (Å²) < 4.78 is 0. The van der Waals surface area contributed by atoms with Crippen molar-refractivity contribution in [1.29, 1.82) is 0 Å². The Hall–Kier alpha value is 2.47. The normalized spacial score (nSPS) is 0. The van der Waals surface area contributed by atoms with Gasteiger partial charge in [-0.15, -0.1) is 0 Å². The molecule has 0 N–H and O–H groups in total. The fourth-order valence-corrected chi connectivity index (χ4v) is 0. The predicted molar refractivity (Wildman–Crippen MR) is 29.8 cm³/mol. The standard InChI is InChI=1S/3Al.Hf.9H. The van der Waals surface area contributed by atoms with Crippen LogP contribution in [0.4, 0.5) is 0 Å². The second kappa shape index (κ2) is 17.9. The third-order valence-corrected chi connectivity index (χ3v) is 0. The van der Waals surface area contributed by atoms with Crippen molar-refractivity contribution in [1.82, 2.24) is 0 Å². The number of rotatable bonds is 0. The Bertz CT molecular complexity index is 3.25. The van der Waals surface area contributed by atoms with Crippen LogP contribution in [0.5, 0.6) is 0 Å². The molecular formula is H9Al3Hf. The van der Waals surface area contributed by atoms with E-state index in [2.05, 4.69) is 0 Å². The van der Waals surface area contributed by atoms with Gasteiger partial charge in [-0.05, 0) is 0 Å². The third-order valence-electron chi connectivity index (χ3n) is 0. The molecule has 0 radical (unpaired) electrons. The molecule has 22 valence electrons. The van der Waals surface area contributed by atoms with Crippen LogP contribution in [0.15, 0.2) is 0 Å². The van der Waals surface area contributed by atoms with Crippen molar-refractivity contribution < 1.29 is 25.8 Å². The van der Waals surface area contributed by atoms with E-state index in [-0.39, 0.29) is 77.9 Å². The van der Waals surface area contributed by atoms with E-state index in [0.29, 0.717) is 0 Å². The Balaban J connectivity index is 0. The van der Waals surface area contributed by atoms with Gasteiger partial charge in [-0.3, -0.25) is 0 Å². The van der Waals surface area contributed by atoms with Gasteiger partial charge in [-0.1, -0.05) is 0 Å². The monoisotopic (exact) mass is 270 g/mol. The van der Waals surface area contributed by atoms with Gasteiger partial charge in [0.25, 0.3) is 0 Å². The van der Waals surface area contributed by atoms with E-state index in [1.165, 1.54) is 0 Å². The molecule has 0 unspecified atom stereocenters. The van der Waals surface area contributed by atoms with Crippen LogP contribution in [0.2, 0.25) is 0 Å². The molecule has 0 spiro atoms. The average molecular weight is 269 g/mol. The van der Waals surface area contributed by atoms with E-state index >= 15 is 0 Å². The molecule has 0 bridgehead atoms. The fourth-order valence-electron chi connectivity index (χ4n) is 0. The smallest absolute Gasteiger partial charge is 0 e. The van der Waals surface area contributed by atoms with Crippen molar-refractivity contribution in [3.63, 3.8) is 0 Å². The number of hydrogen-bond donors (Lipinski definition) is 0. The molecule has 0 aromatic heterocycles. The predicted octanol–water partition coefficient (Wildman–Crippen LogP) is -3.55. The maximum Gasteiger partial charge on any atom is 0.187 e. The third kappa shape index (κ3) is 8.82. The van der Waals surface area contributed by atoms with Crippen LogP contribution >= 0.6 is 0 Å². The van der Waals surface area contributed by atoms with Gasteiger partial charge in [0, 0.05) is 25.8 Å². The second-order valence-corrected chi connectivity index (χ2v) is 0. The molecule has 0 aromatic carbocycles. The van der Waals surface area contributed by atoms with Gasteiger partial charge in [-0.2, -0.15) is 0 Å². The van der Waals surface area contributed by atoms with E-state index in [1.807, 2.05) is 0 Å². The summed E-state index contributed by atoms with van der Waals surface area (Å²) in [6.45, 7) is 0. The summed E-state index contributed by atoms with van der Waals surface area (Å²) in [6, 6.07) is 0. The minimum absolute atomic E-state index is 0. The van der Waals surface area contributed by atoms with E-state index in [9.17, 15) is 0 Å². The zero-order valence-corrected chi connectivity index (χ0v) is 4.09. The first-order chi connectivity index (χ1) is 0. The topological polar surface area (TPSA) is 0 Å². The Kier molecular flexibility index (Phi) is 142. The van der Waals surface area contributed by atoms with Gasteiger partial charge < -0.3 is 0 Å². The van der Waals surface area contributed by atoms with Crippen molar-refractivity contribution in [2.75, 3.05) is 0 Å². The van der Waals surface area contributed by atoms with Crippen LogP contribution in [0.3, 0.4) is 0 Å². The molecule has 0 heterocycles. The quantitative estimate of drug-likeness (QED) is 0.399. The van der Waals surface area contributed by atoms with Crippen molar-refractivity contribution >= 4 is 52.1 Å². The maximum absolute atomic E-state index is 0. The van der Waals surface area contributed by atoms with Crippen molar-refractivity contribution in [2.45, 2.75) is 0 Å². The van der Waals surface area contributed by atoms with E-state index in [4.69, 9.17) is 0 Å². The molecule has 0 atom stereocenters. The Labute approximate surface area is 76.9 Å². The SMILES string of the molecule is [AlH3].[AlH3].[AlH3].[Hf]. The average Bonchev–Trinajstić information content (AvgIpc) is 0. The number of hydrogen-bond acceptors (Lipinski definition) is 0. The Morgan fingerprint density at radius 3 is 0.500 bits per heavy atom. The van der Waals surface area contributed by atoms with Gasteiger partial charge in [-0.25, -0.2) is 0 Å². The first kappa shape index (κ1) is 31.8. The molecule has 0 aliphatic rings. The van der Waals surface area contributed by atoms with E-state index in [1.54, 1.807) is 0 Å². The second-order valence-electron chi connectivity index (χ2n) is 0. The minimum Gasteiger partial charge on any atom is 0 e. The molecule has 0 saturated heterocycles.